The molecule has 19 heavy (non-hydrogen) atoms. The summed E-state index contributed by atoms with van der Waals surface area (Å²) in [5, 5.41) is 3.98. The number of aryl methyl sites for hydroxylation is 1. The lowest BCUT2D eigenvalue weighted by Crippen LogP contribution is -1.97. The molecule has 5 heteroatoms. The van der Waals surface area contributed by atoms with Crippen LogP contribution in [0.3, 0.4) is 0 Å². The third-order valence-corrected chi connectivity index (χ3v) is 3.81. The van der Waals surface area contributed by atoms with Gasteiger partial charge in [0, 0.05) is 21.2 Å². The first-order valence-electron chi connectivity index (χ1n) is 5.67. The number of anilines is 3. The van der Waals surface area contributed by atoms with E-state index in [-0.39, 0.29) is 0 Å². The maximum absolute atomic E-state index is 6.09. The van der Waals surface area contributed by atoms with E-state index in [1.165, 1.54) is 0 Å². The number of ether oxygens (including phenoxy) is 1. The minimum atomic E-state index is 0.679. The fourth-order valence-corrected chi connectivity index (χ4v) is 2.36. The summed E-state index contributed by atoms with van der Waals surface area (Å²) in [6, 6.07) is 9.33. The van der Waals surface area contributed by atoms with Crippen molar-refractivity contribution < 1.29 is 4.74 Å². The molecular formula is C14H14BrClN2O. The Morgan fingerprint density at radius 1 is 1.21 bits per heavy atom. The number of hydrogen-bond donors (Lipinski definition) is 2. The summed E-state index contributed by atoms with van der Waals surface area (Å²) >= 11 is 9.56. The Balaban J connectivity index is 2.40. The molecule has 0 aliphatic rings. The Morgan fingerprint density at radius 3 is 2.58 bits per heavy atom. The van der Waals surface area contributed by atoms with Crippen LogP contribution in [-0.4, -0.2) is 7.11 Å². The summed E-state index contributed by atoms with van der Waals surface area (Å²) in [6.07, 6.45) is 0. The Kier molecular flexibility index (Phi) is 4.22. The first-order valence-corrected chi connectivity index (χ1v) is 6.84. The highest BCUT2D eigenvalue weighted by Gasteiger charge is 2.09. The van der Waals surface area contributed by atoms with Crippen molar-refractivity contribution in [2.75, 3.05) is 18.2 Å². The van der Waals surface area contributed by atoms with E-state index < -0.39 is 0 Å². The van der Waals surface area contributed by atoms with Gasteiger partial charge in [0.25, 0.3) is 0 Å². The zero-order chi connectivity index (χ0) is 14.0. The lowest BCUT2D eigenvalue weighted by atomic mass is 10.2. The number of rotatable bonds is 3. The van der Waals surface area contributed by atoms with Crippen LogP contribution >= 0.6 is 27.5 Å². The molecule has 3 nitrogen and oxygen atoms in total. The lowest BCUT2D eigenvalue weighted by molar-refractivity contribution is 0.417. The van der Waals surface area contributed by atoms with Crippen LogP contribution in [0.25, 0.3) is 0 Å². The standard InChI is InChI=1S/C14H14BrClN2O/c1-8-5-13(14(19-2)7-11(8)16)18-12-4-3-9(17)6-10(12)15/h3-7,18H,17H2,1-2H3. The van der Waals surface area contributed by atoms with Crippen LogP contribution in [0.2, 0.25) is 5.02 Å². The van der Waals surface area contributed by atoms with Crippen LogP contribution < -0.4 is 15.8 Å². The van der Waals surface area contributed by atoms with Gasteiger partial charge in [0.1, 0.15) is 5.75 Å². The van der Waals surface area contributed by atoms with E-state index in [4.69, 9.17) is 22.1 Å². The van der Waals surface area contributed by atoms with Gasteiger partial charge in [-0.15, -0.1) is 0 Å². The zero-order valence-electron chi connectivity index (χ0n) is 10.6. The monoisotopic (exact) mass is 340 g/mol. The maximum atomic E-state index is 6.09. The molecule has 0 fully saturated rings. The molecule has 0 spiro atoms. The van der Waals surface area contributed by atoms with Crippen molar-refractivity contribution in [3.63, 3.8) is 0 Å². The molecule has 0 radical (unpaired) electrons. The summed E-state index contributed by atoms with van der Waals surface area (Å²) in [7, 11) is 1.62. The van der Waals surface area contributed by atoms with E-state index in [9.17, 15) is 0 Å². The fraction of sp³-hybridized carbons (Fsp3) is 0.143. The Bertz CT molecular complexity index is 617. The van der Waals surface area contributed by atoms with Crippen molar-refractivity contribution in [2.45, 2.75) is 6.92 Å². The van der Waals surface area contributed by atoms with Gasteiger partial charge in [0.05, 0.1) is 18.5 Å². The average Bonchev–Trinajstić information content (AvgIpc) is 2.36. The minimum Gasteiger partial charge on any atom is -0.495 e. The molecule has 0 unspecified atom stereocenters. The average molecular weight is 342 g/mol. The normalized spacial score (nSPS) is 10.3. The first kappa shape index (κ1) is 14.0. The van der Waals surface area contributed by atoms with Crippen molar-refractivity contribution in [2.24, 2.45) is 0 Å². The number of nitrogens with two attached hydrogens (primary N) is 1. The van der Waals surface area contributed by atoms with Crippen LogP contribution in [0.5, 0.6) is 5.75 Å². The van der Waals surface area contributed by atoms with E-state index in [0.29, 0.717) is 16.5 Å². The number of hydrogen-bond acceptors (Lipinski definition) is 3. The molecule has 0 saturated carbocycles. The van der Waals surface area contributed by atoms with Gasteiger partial charge in [-0.25, -0.2) is 0 Å². The van der Waals surface area contributed by atoms with Gasteiger partial charge >= 0.3 is 0 Å². The van der Waals surface area contributed by atoms with Gasteiger partial charge in [-0.05, 0) is 52.7 Å². The second-order valence-electron chi connectivity index (χ2n) is 4.17. The van der Waals surface area contributed by atoms with Crippen molar-refractivity contribution >= 4 is 44.6 Å². The van der Waals surface area contributed by atoms with Gasteiger partial charge in [-0.1, -0.05) is 11.6 Å². The summed E-state index contributed by atoms with van der Waals surface area (Å²) in [6.45, 7) is 1.95. The molecule has 100 valence electrons. The molecule has 0 atom stereocenters. The molecule has 0 amide bonds. The van der Waals surface area contributed by atoms with Crippen LogP contribution in [0.1, 0.15) is 5.56 Å². The maximum Gasteiger partial charge on any atom is 0.143 e. The van der Waals surface area contributed by atoms with Crippen molar-refractivity contribution in [3.05, 3.63) is 45.4 Å². The van der Waals surface area contributed by atoms with Gasteiger partial charge in [0.15, 0.2) is 0 Å². The zero-order valence-corrected chi connectivity index (χ0v) is 13.0. The van der Waals surface area contributed by atoms with E-state index in [2.05, 4.69) is 21.2 Å². The molecule has 0 saturated heterocycles. The van der Waals surface area contributed by atoms with Gasteiger partial charge < -0.3 is 15.8 Å². The third kappa shape index (κ3) is 3.14. The third-order valence-electron chi connectivity index (χ3n) is 2.74. The summed E-state index contributed by atoms with van der Waals surface area (Å²) in [5.41, 5.74) is 9.18. The molecular weight excluding hydrogens is 328 g/mol. The Morgan fingerprint density at radius 2 is 1.95 bits per heavy atom. The van der Waals surface area contributed by atoms with Crippen molar-refractivity contribution in [1.29, 1.82) is 0 Å². The summed E-state index contributed by atoms with van der Waals surface area (Å²) in [5.74, 6) is 0.694. The molecule has 2 aromatic rings. The first-order chi connectivity index (χ1) is 9.01. The van der Waals surface area contributed by atoms with Crippen LogP contribution in [0.4, 0.5) is 17.1 Å². The van der Waals surface area contributed by atoms with E-state index >= 15 is 0 Å². The topological polar surface area (TPSA) is 47.3 Å². The van der Waals surface area contributed by atoms with Gasteiger partial charge in [-0.3, -0.25) is 0 Å². The molecule has 0 aliphatic heterocycles. The van der Waals surface area contributed by atoms with E-state index in [1.54, 1.807) is 13.2 Å². The molecule has 0 heterocycles. The molecule has 0 aromatic heterocycles. The predicted octanol–water partition coefficient (Wildman–Crippen LogP) is 4.75. The minimum absolute atomic E-state index is 0.679. The molecule has 2 aromatic carbocycles. The van der Waals surface area contributed by atoms with Crippen molar-refractivity contribution in [3.8, 4) is 5.75 Å². The van der Waals surface area contributed by atoms with Crippen LogP contribution in [0, 0.1) is 6.92 Å². The summed E-state index contributed by atoms with van der Waals surface area (Å²) < 4.78 is 6.22. The molecule has 0 bridgehead atoms. The van der Waals surface area contributed by atoms with Crippen LogP contribution in [-0.2, 0) is 0 Å². The Hall–Kier alpha value is -1.39. The highest BCUT2D eigenvalue weighted by atomic mass is 79.9. The number of nitrogens with one attached hydrogen (secondary N) is 1. The number of nitrogen functional groups attached to an aromatic ring is 1. The Labute approximate surface area is 125 Å². The second-order valence-corrected chi connectivity index (χ2v) is 5.43. The second kappa shape index (κ2) is 5.72. The van der Waals surface area contributed by atoms with Crippen molar-refractivity contribution in [1.82, 2.24) is 0 Å². The highest BCUT2D eigenvalue weighted by molar-refractivity contribution is 9.10. The molecule has 3 N–H and O–H groups in total. The van der Waals surface area contributed by atoms with Gasteiger partial charge in [-0.2, -0.15) is 0 Å². The smallest absolute Gasteiger partial charge is 0.143 e. The highest BCUT2D eigenvalue weighted by Crippen LogP contribution is 2.35. The molecule has 0 aliphatic carbocycles. The van der Waals surface area contributed by atoms with Crippen LogP contribution in [0.15, 0.2) is 34.8 Å². The fourth-order valence-electron chi connectivity index (χ4n) is 1.71. The van der Waals surface area contributed by atoms with Gasteiger partial charge in [0.2, 0.25) is 0 Å². The predicted molar refractivity (Wildman–Crippen MR) is 84.6 cm³/mol. The lowest BCUT2D eigenvalue weighted by Gasteiger charge is -2.14. The number of halogens is 2. The molecule has 2 rings (SSSR count). The van der Waals surface area contributed by atoms with E-state index in [0.717, 1.165) is 21.4 Å². The largest absolute Gasteiger partial charge is 0.495 e. The number of benzene rings is 2. The van der Waals surface area contributed by atoms with E-state index in [1.807, 2.05) is 31.2 Å². The summed E-state index contributed by atoms with van der Waals surface area (Å²) in [4.78, 5) is 0. The quantitative estimate of drug-likeness (QED) is 0.792. The SMILES string of the molecule is COc1cc(Cl)c(C)cc1Nc1ccc(N)cc1Br. The number of methoxy groups -OCH3 is 1.